The summed E-state index contributed by atoms with van der Waals surface area (Å²) >= 11 is 0. The lowest BCUT2D eigenvalue weighted by Gasteiger charge is -2.04. The van der Waals surface area contributed by atoms with Gasteiger partial charge in [0.2, 0.25) is 0 Å². The van der Waals surface area contributed by atoms with Crippen LogP contribution in [0.5, 0.6) is 0 Å². The molecule has 0 bridgehead atoms. The Hall–Kier alpha value is -2.70. The Kier molecular flexibility index (Phi) is 3.28. The van der Waals surface area contributed by atoms with Crippen molar-refractivity contribution in [3.63, 3.8) is 0 Å². The lowest BCUT2D eigenvalue weighted by Crippen LogP contribution is -2.12. The molecule has 2 rings (SSSR count). The standard InChI is InChI=1S/C12H12N4O3/c1-7-3-4-9(5-11(7)16(18)19)15-12(17)10-6-13-8(2)14-10/h3-6H,1-2H3,(H,13,14)(H,15,17). The molecule has 19 heavy (non-hydrogen) atoms. The summed E-state index contributed by atoms with van der Waals surface area (Å²) in [7, 11) is 0. The molecule has 0 aliphatic heterocycles. The van der Waals surface area contributed by atoms with Gasteiger partial charge in [0, 0.05) is 17.3 Å². The Morgan fingerprint density at radius 2 is 2.16 bits per heavy atom. The van der Waals surface area contributed by atoms with Gasteiger partial charge in [-0.15, -0.1) is 0 Å². The van der Waals surface area contributed by atoms with Crippen LogP contribution in [0.2, 0.25) is 0 Å². The van der Waals surface area contributed by atoms with Crippen molar-refractivity contribution < 1.29 is 9.72 Å². The highest BCUT2D eigenvalue weighted by molar-refractivity contribution is 6.02. The number of anilines is 1. The van der Waals surface area contributed by atoms with E-state index in [4.69, 9.17) is 0 Å². The zero-order valence-electron chi connectivity index (χ0n) is 10.4. The summed E-state index contributed by atoms with van der Waals surface area (Å²) in [4.78, 5) is 28.9. The van der Waals surface area contributed by atoms with Crippen molar-refractivity contribution in [2.75, 3.05) is 5.32 Å². The van der Waals surface area contributed by atoms with Crippen molar-refractivity contribution >= 4 is 17.3 Å². The number of hydrogen-bond acceptors (Lipinski definition) is 4. The number of carbonyl (C=O) groups is 1. The zero-order valence-corrected chi connectivity index (χ0v) is 10.4. The van der Waals surface area contributed by atoms with E-state index in [1.54, 1.807) is 26.0 Å². The van der Waals surface area contributed by atoms with Crippen LogP contribution in [0.3, 0.4) is 0 Å². The number of aromatic amines is 1. The van der Waals surface area contributed by atoms with Crippen LogP contribution >= 0.6 is 0 Å². The highest BCUT2D eigenvalue weighted by atomic mass is 16.6. The normalized spacial score (nSPS) is 10.2. The Labute approximate surface area is 108 Å². The van der Waals surface area contributed by atoms with Gasteiger partial charge in [-0.05, 0) is 19.9 Å². The molecule has 1 heterocycles. The molecule has 2 aromatic rings. The molecule has 2 N–H and O–H groups in total. The highest BCUT2D eigenvalue weighted by Crippen LogP contribution is 2.22. The smallest absolute Gasteiger partial charge is 0.274 e. The monoisotopic (exact) mass is 260 g/mol. The van der Waals surface area contributed by atoms with Crippen LogP contribution in [-0.4, -0.2) is 20.8 Å². The predicted octanol–water partition coefficient (Wildman–Crippen LogP) is 2.19. The van der Waals surface area contributed by atoms with Crippen molar-refractivity contribution in [2.45, 2.75) is 13.8 Å². The van der Waals surface area contributed by atoms with Crippen LogP contribution in [0.4, 0.5) is 11.4 Å². The second kappa shape index (κ2) is 4.89. The fourth-order valence-electron chi connectivity index (χ4n) is 1.62. The summed E-state index contributed by atoms with van der Waals surface area (Å²) in [6, 6.07) is 4.53. The van der Waals surface area contributed by atoms with Crippen LogP contribution in [0, 0.1) is 24.0 Å². The third-order valence-electron chi connectivity index (χ3n) is 2.61. The number of hydrogen-bond donors (Lipinski definition) is 2. The largest absolute Gasteiger partial charge is 0.338 e. The molecule has 0 radical (unpaired) electrons. The number of H-pyrrole nitrogens is 1. The number of nitro benzene ring substituents is 1. The van der Waals surface area contributed by atoms with Gasteiger partial charge in [-0.1, -0.05) is 6.07 Å². The first-order chi connectivity index (χ1) is 8.97. The molecule has 98 valence electrons. The predicted molar refractivity (Wildman–Crippen MR) is 69.1 cm³/mol. The number of nitrogens with one attached hydrogen (secondary N) is 2. The number of aryl methyl sites for hydroxylation is 2. The van der Waals surface area contributed by atoms with Gasteiger partial charge < -0.3 is 10.3 Å². The molecule has 1 aromatic carbocycles. The van der Waals surface area contributed by atoms with E-state index >= 15 is 0 Å². The maximum atomic E-state index is 11.8. The summed E-state index contributed by atoms with van der Waals surface area (Å²) in [5.41, 5.74) is 1.19. The summed E-state index contributed by atoms with van der Waals surface area (Å²) < 4.78 is 0. The van der Waals surface area contributed by atoms with Crippen LogP contribution < -0.4 is 5.32 Å². The van der Waals surface area contributed by atoms with E-state index in [1.165, 1.54) is 12.3 Å². The van der Waals surface area contributed by atoms with Gasteiger partial charge in [0.1, 0.15) is 11.5 Å². The quantitative estimate of drug-likeness (QED) is 0.652. The minimum Gasteiger partial charge on any atom is -0.338 e. The number of benzene rings is 1. The van der Waals surface area contributed by atoms with Gasteiger partial charge in [0.25, 0.3) is 11.6 Å². The average molecular weight is 260 g/mol. The second-order valence-corrected chi connectivity index (χ2v) is 4.09. The number of nitro groups is 1. The van der Waals surface area contributed by atoms with E-state index in [0.29, 0.717) is 22.8 Å². The van der Waals surface area contributed by atoms with Crippen molar-refractivity contribution in [3.8, 4) is 0 Å². The number of carbonyl (C=O) groups excluding carboxylic acids is 1. The molecule has 1 amide bonds. The van der Waals surface area contributed by atoms with E-state index in [9.17, 15) is 14.9 Å². The minimum absolute atomic E-state index is 0.0291. The van der Waals surface area contributed by atoms with Crippen LogP contribution in [0.25, 0.3) is 0 Å². The zero-order chi connectivity index (χ0) is 14.0. The topological polar surface area (TPSA) is 101 Å². The van der Waals surface area contributed by atoms with Crippen molar-refractivity contribution in [1.29, 1.82) is 0 Å². The molecule has 7 nitrogen and oxygen atoms in total. The molecule has 0 unspecified atom stereocenters. The molecule has 7 heteroatoms. The van der Waals surface area contributed by atoms with E-state index in [1.807, 2.05) is 0 Å². The van der Waals surface area contributed by atoms with Crippen molar-refractivity contribution in [1.82, 2.24) is 9.97 Å². The fraction of sp³-hybridized carbons (Fsp3) is 0.167. The summed E-state index contributed by atoms with van der Waals surface area (Å²) in [6.45, 7) is 3.37. The fourth-order valence-corrected chi connectivity index (χ4v) is 1.62. The van der Waals surface area contributed by atoms with Crippen molar-refractivity contribution in [2.24, 2.45) is 0 Å². The van der Waals surface area contributed by atoms with Crippen LogP contribution in [0.15, 0.2) is 24.4 Å². The van der Waals surface area contributed by atoms with Gasteiger partial charge in [0.05, 0.1) is 11.1 Å². The third-order valence-corrected chi connectivity index (χ3v) is 2.61. The third kappa shape index (κ3) is 2.76. The molecule has 0 atom stereocenters. The average Bonchev–Trinajstić information content (AvgIpc) is 2.78. The lowest BCUT2D eigenvalue weighted by molar-refractivity contribution is -0.385. The number of nitrogens with zero attached hydrogens (tertiary/aromatic N) is 2. The van der Waals surface area contributed by atoms with E-state index in [-0.39, 0.29) is 5.69 Å². The molecule has 0 spiro atoms. The van der Waals surface area contributed by atoms with E-state index in [0.717, 1.165) is 0 Å². The maximum absolute atomic E-state index is 11.8. The summed E-state index contributed by atoms with van der Waals surface area (Å²) in [5, 5.41) is 13.4. The molecule has 0 aliphatic carbocycles. The Morgan fingerprint density at radius 1 is 1.42 bits per heavy atom. The second-order valence-electron chi connectivity index (χ2n) is 4.09. The Morgan fingerprint density at radius 3 is 2.74 bits per heavy atom. The van der Waals surface area contributed by atoms with Gasteiger partial charge in [-0.2, -0.15) is 0 Å². The molecule has 1 aromatic heterocycles. The van der Waals surface area contributed by atoms with Gasteiger partial charge >= 0.3 is 0 Å². The summed E-state index contributed by atoms with van der Waals surface area (Å²) in [6.07, 6.45) is 1.41. The number of aromatic nitrogens is 2. The van der Waals surface area contributed by atoms with Gasteiger partial charge in [-0.25, -0.2) is 4.98 Å². The molecule has 0 fully saturated rings. The number of imidazole rings is 1. The molecular weight excluding hydrogens is 248 g/mol. The van der Waals surface area contributed by atoms with E-state index < -0.39 is 10.8 Å². The Bertz CT molecular complexity index is 648. The first-order valence-electron chi connectivity index (χ1n) is 5.55. The molecular formula is C12H12N4O3. The van der Waals surface area contributed by atoms with Crippen LogP contribution in [-0.2, 0) is 0 Å². The van der Waals surface area contributed by atoms with Gasteiger partial charge in [-0.3, -0.25) is 14.9 Å². The highest BCUT2D eigenvalue weighted by Gasteiger charge is 2.13. The Balaban J connectivity index is 2.22. The molecule has 0 saturated carbocycles. The first-order valence-corrected chi connectivity index (χ1v) is 5.55. The molecule has 0 aliphatic rings. The lowest BCUT2D eigenvalue weighted by atomic mass is 10.2. The number of rotatable bonds is 3. The SMILES string of the molecule is Cc1ncc(C(=O)Nc2ccc(C)c([N+](=O)[O-])c2)[nH]1. The maximum Gasteiger partial charge on any atom is 0.274 e. The van der Waals surface area contributed by atoms with Gasteiger partial charge in [0.15, 0.2) is 0 Å². The summed E-state index contributed by atoms with van der Waals surface area (Å²) in [5.74, 6) is 0.235. The first kappa shape index (κ1) is 12.7. The minimum atomic E-state index is -0.481. The van der Waals surface area contributed by atoms with Crippen molar-refractivity contribution in [3.05, 3.63) is 51.6 Å². The molecule has 0 saturated heterocycles. The van der Waals surface area contributed by atoms with E-state index in [2.05, 4.69) is 15.3 Å². The number of amides is 1. The van der Waals surface area contributed by atoms with Crippen LogP contribution in [0.1, 0.15) is 21.9 Å².